The van der Waals surface area contributed by atoms with Crippen molar-refractivity contribution in [2.45, 2.75) is 65.3 Å². The molecule has 6 rings (SSSR count). The van der Waals surface area contributed by atoms with Crippen LogP contribution in [0.5, 0.6) is 0 Å². The van der Waals surface area contributed by atoms with Gasteiger partial charge >= 0.3 is 0 Å². The Bertz CT molecular complexity index is 760. The maximum Gasteiger partial charge on any atom is 0.226 e. The lowest BCUT2D eigenvalue weighted by Crippen LogP contribution is -2.57. The highest BCUT2D eigenvalue weighted by atomic mass is 16.2. The van der Waals surface area contributed by atoms with E-state index in [1.165, 1.54) is 36.1 Å². The van der Waals surface area contributed by atoms with Gasteiger partial charge in [-0.3, -0.25) is 9.69 Å². The first kappa shape index (κ1) is 20.4. The minimum absolute atomic E-state index is 0.0234. The van der Waals surface area contributed by atoms with E-state index in [1.54, 1.807) is 0 Å². The van der Waals surface area contributed by atoms with Crippen LogP contribution in [0.15, 0.2) is 18.2 Å². The van der Waals surface area contributed by atoms with Crippen LogP contribution in [0.25, 0.3) is 0 Å². The molecule has 1 aromatic carbocycles. The first-order valence-electron chi connectivity index (χ1n) is 12.3. The molecule has 1 aliphatic heterocycles. The molecule has 4 saturated carbocycles. The van der Waals surface area contributed by atoms with Crippen molar-refractivity contribution in [3.05, 3.63) is 29.3 Å². The van der Waals surface area contributed by atoms with Crippen LogP contribution < -0.4 is 10.2 Å². The number of nitrogens with zero attached hydrogens (tertiary/aromatic N) is 2. The molecule has 0 radical (unpaired) electrons. The van der Waals surface area contributed by atoms with E-state index in [-0.39, 0.29) is 11.5 Å². The Morgan fingerprint density at radius 1 is 1.03 bits per heavy atom. The Labute approximate surface area is 182 Å². The molecular formula is C26H39N3O. The minimum atomic E-state index is -0.0234. The van der Waals surface area contributed by atoms with Gasteiger partial charge in [-0.25, -0.2) is 0 Å². The van der Waals surface area contributed by atoms with Gasteiger partial charge in [0.05, 0.1) is 0 Å². The van der Waals surface area contributed by atoms with Gasteiger partial charge in [0, 0.05) is 49.9 Å². The van der Waals surface area contributed by atoms with E-state index in [1.807, 2.05) is 0 Å². The summed E-state index contributed by atoms with van der Waals surface area (Å²) >= 11 is 0. The Balaban J connectivity index is 1.13. The summed E-state index contributed by atoms with van der Waals surface area (Å²) in [7, 11) is 0. The topological polar surface area (TPSA) is 35.6 Å². The third kappa shape index (κ3) is 3.77. The zero-order chi connectivity index (χ0) is 20.9. The number of aryl methyl sites for hydroxylation is 1. The summed E-state index contributed by atoms with van der Waals surface area (Å²) in [6, 6.07) is 6.86. The first-order chi connectivity index (χ1) is 14.4. The maximum atomic E-state index is 13.3. The molecule has 4 nitrogen and oxygen atoms in total. The molecular weight excluding hydrogens is 370 g/mol. The van der Waals surface area contributed by atoms with Gasteiger partial charge in [-0.1, -0.05) is 12.1 Å². The molecule has 30 heavy (non-hydrogen) atoms. The average Bonchev–Trinajstić information content (AvgIpc) is 2.70. The molecule has 5 aliphatic rings. The highest BCUT2D eigenvalue weighted by Gasteiger charge is 2.54. The highest BCUT2D eigenvalue weighted by Crippen LogP contribution is 2.60. The van der Waals surface area contributed by atoms with Crippen LogP contribution >= 0.6 is 0 Å². The number of anilines is 1. The molecule has 0 spiro atoms. The van der Waals surface area contributed by atoms with Crippen LogP contribution in [-0.4, -0.2) is 49.6 Å². The number of carbonyl (C=O) groups excluding carboxylic acids is 1. The Morgan fingerprint density at radius 3 is 2.23 bits per heavy atom. The number of carbonyl (C=O) groups is 1. The van der Waals surface area contributed by atoms with E-state index in [4.69, 9.17) is 0 Å². The predicted octanol–water partition coefficient (Wildman–Crippen LogP) is 4.15. The Kier molecular flexibility index (Phi) is 5.33. The van der Waals surface area contributed by atoms with Crippen molar-refractivity contribution in [1.29, 1.82) is 0 Å². The maximum absolute atomic E-state index is 13.3. The number of hydrogen-bond acceptors (Lipinski definition) is 3. The average molecular weight is 410 g/mol. The summed E-state index contributed by atoms with van der Waals surface area (Å²) in [5.41, 5.74) is 4.14. The highest BCUT2D eigenvalue weighted by molar-refractivity contribution is 5.83. The van der Waals surface area contributed by atoms with Gasteiger partial charge < -0.3 is 10.2 Å². The molecule has 0 aromatic heterocycles. The van der Waals surface area contributed by atoms with Crippen LogP contribution in [-0.2, 0) is 4.79 Å². The summed E-state index contributed by atoms with van der Waals surface area (Å²) in [6.07, 6.45) is 7.66. The second-order valence-corrected chi connectivity index (χ2v) is 11.1. The summed E-state index contributed by atoms with van der Waals surface area (Å²) in [5, 5.41) is 3.45. The smallest absolute Gasteiger partial charge is 0.226 e. The number of rotatable bonds is 5. The SMILES string of the molecule is Cc1cccc(N2CCN(C[C@H](C)NC(=O)C34CC5CC(CC(C5)C3)C4)CC2)c1C. The largest absolute Gasteiger partial charge is 0.369 e. The fourth-order valence-corrected chi connectivity index (χ4v) is 7.45. The monoisotopic (exact) mass is 409 g/mol. The van der Waals surface area contributed by atoms with Gasteiger partial charge in [0.2, 0.25) is 5.91 Å². The number of benzene rings is 1. The normalized spacial score (nSPS) is 34.2. The van der Waals surface area contributed by atoms with Gasteiger partial charge in [0.25, 0.3) is 0 Å². The second-order valence-electron chi connectivity index (χ2n) is 11.1. The lowest BCUT2D eigenvalue weighted by Gasteiger charge is -2.55. The lowest BCUT2D eigenvalue weighted by atomic mass is 9.49. The van der Waals surface area contributed by atoms with E-state index >= 15 is 0 Å². The summed E-state index contributed by atoms with van der Waals surface area (Å²) in [4.78, 5) is 18.4. The van der Waals surface area contributed by atoms with Crippen LogP contribution in [0.1, 0.15) is 56.6 Å². The quantitative estimate of drug-likeness (QED) is 0.794. The van der Waals surface area contributed by atoms with Crippen molar-refractivity contribution < 1.29 is 4.79 Å². The molecule has 4 heteroatoms. The standard InChI is InChI=1S/C26H39N3O/c1-18-5-4-6-24(20(18)3)29-9-7-28(8-10-29)17-19(2)27-25(30)26-14-21-11-22(15-26)13-23(12-21)16-26/h4-6,19,21-23H,7-17H2,1-3H3,(H,27,30)/t19-,21?,22?,23?,26?/m0/s1. The Hall–Kier alpha value is -1.55. The summed E-state index contributed by atoms with van der Waals surface area (Å²) < 4.78 is 0. The van der Waals surface area contributed by atoms with E-state index in [0.717, 1.165) is 69.7 Å². The van der Waals surface area contributed by atoms with E-state index in [0.29, 0.717) is 5.91 Å². The molecule has 4 bridgehead atoms. The van der Waals surface area contributed by atoms with Crippen molar-refractivity contribution >= 4 is 11.6 Å². The summed E-state index contributed by atoms with van der Waals surface area (Å²) in [6.45, 7) is 11.9. The van der Waals surface area contributed by atoms with Gasteiger partial charge in [-0.2, -0.15) is 0 Å². The van der Waals surface area contributed by atoms with Crippen LogP contribution in [0.4, 0.5) is 5.69 Å². The van der Waals surface area contributed by atoms with Crippen molar-refractivity contribution in [2.75, 3.05) is 37.6 Å². The van der Waals surface area contributed by atoms with Gasteiger partial charge in [-0.05, 0) is 94.2 Å². The lowest BCUT2D eigenvalue weighted by molar-refractivity contribution is -0.147. The zero-order valence-electron chi connectivity index (χ0n) is 19.1. The molecule has 5 fully saturated rings. The number of nitrogens with one attached hydrogen (secondary N) is 1. The predicted molar refractivity (Wildman–Crippen MR) is 123 cm³/mol. The summed E-state index contributed by atoms with van der Waals surface area (Å²) in [5.74, 6) is 2.87. The van der Waals surface area contributed by atoms with E-state index in [9.17, 15) is 4.79 Å². The molecule has 1 heterocycles. The van der Waals surface area contributed by atoms with Gasteiger partial charge in [-0.15, -0.1) is 0 Å². The first-order valence-corrected chi connectivity index (χ1v) is 12.3. The minimum Gasteiger partial charge on any atom is -0.369 e. The third-order valence-corrected chi connectivity index (χ3v) is 8.72. The van der Waals surface area contributed by atoms with Crippen molar-refractivity contribution in [2.24, 2.45) is 23.2 Å². The van der Waals surface area contributed by atoms with Crippen LogP contribution in [0, 0.1) is 37.0 Å². The van der Waals surface area contributed by atoms with Crippen LogP contribution in [0.3, 0.4) is 0 Å². The molecule has 1 saturated heterocycles. The fourth-order valence-electron chi connectivity index (χ4n) is 7.45. The van der Waals surface area contributed by atoms with Crippen molar-refractivity contribution in [3.63, 3.8) is 0 Å². The van der Waals surface area contributed by atoms with Crippen molar-refractivity contribution in [3.8, 4) is 0 Å². The van der Waals surface area contributed by atoms with Gasteiger partial charge in [0.1, 0.15) is 0 Å². The van der Waals surface area contributed by atoms with E-state index < -0.39 is 0 Å². The molecule has 1 atom stereocenters. The number of hydrogen-bond donors (Lipinski definition) is 1. The second kappa shape index (κ2) is 7.85. The molecule has 4 aliphatic carbocycles. The zero-order valence-corrected chi connectivity index (χ0v) is 19.1. The number of piperazine rings is 1. The van der Waals surface area contributed by atoms with E-state index in [2.05, 4.69) is 54.1 Å². The van der Waals surface area contributed by atoms with Crippen molar-refractivity contribution in [1.82, 2.24) is 10.2 Å². The molecule has 0 unspecified atom stereocenters. The van der Waals surface area contributed by atoms with Crippen LogP contribution in [0.2, 0.25) is 0 Å². The molecule has 1 N–H and O–H groups in total. The molecule has 1 aromatic rings. The Morgan fingerprint density at radius 2 is 1.63 bits per heavy atom. The number of amides is 1. The fraction of sp³-hybridized carbons (Fsp3) is 0.731. The molecule has 1 amide bonds. The third-order valence-electron chi connectivity index (χ3n) is 8.72. The molecule has 164 valence electrons. The van der Waals surface area contributed by atoms with Gasteiger partial charge in [0.15, 0.2) is 0 Å².